The Hall–Kier alpha value is -1.00. The molecule has 2 N–H and O–H groups in total. The minimum absolute atomic E-state index is 0.0951. The first-order valence-corrected chi connectivity index (χ1v) is 8.28. The highest BCUT2D eigenvalue weighted by Crippen LogP contribution is 2.19. The predicted octanol–water partition coefficient (Wildman–Crippen LogP) is -0.814. The number of nitrogens with one attached hydrogen (secondary N) is 1. The smallest absolute Gasteiger partial charge is 0.244 e. The van der Waals surface area contributed by atoms with Gasteiger partial charge >= 0.3 is 0 Å². The summed E-state index contributed by atoms with van der Waals surface area (Å²) >= 11 is 0. The maximum Gasteiger partial charge on any atom is 0.244 e. The molecule has 1 unspecified atom stereocenters. The molecule has 0 radical (unpaired) electrons. The standard InChI is InChI=1S/C12H21N3O5S/c1-9-12(10(2)15(14-9)3-4-16)21(17,18)13-7-11-8-19-5-6-20-11/h11,13,16H,3-8H2,1-2H3. The Labute approximate surface area is 124 Å². The Balaban J connectivity index is 2.11. The topological polar surface area (TPSA) is 103 Å². The zero-order chi connectivity index (χ0) is 15.5. The van der Waals surface area contributed by atoms with Crippen LogP contribution in [0.4, 0.5) is 0 Å². The highest BCUT2D eigenvalue weighted by molar-refractivity contribution is 7.89. The van der Waals surface area contributed by atoms with E-state index < -0.39 is 10.0 Å². The van der Waals surface area contributed by atoms with E-state index in [-0.39, 0.29) is 30.7 Å². The van der Waals surface area contributed by atoms with E-state index in [1.165, 1.54) is 4.68 Å². The number of rotatable bonds is 6. The van der Waals surface area contributed by atoms with Crippen LogP contribution in [0.1, 0.15) is 11.4 Å². The molecule has 21 heavy (non-hydrogen) atoms. The predicted molar refractivity (Wildman–Crippen MR) is 74.5 cm³/mol. The van der Waals surface area contributed by atoms with Gasteiger partial charge in [0, 0.05) is 6.54 Å². The normalized spacial score (nSPS) is 19.9. The molecule has 9 heteroatoms. The number of aliphatic hydroxyl groups excluding tert-OH is 1. The third kappa shape index (κ3) is 3.80. The Morgan fingerprint density at radius 3 is 2.81 bits per heavy atom. The molecule has 1 aliphatic heterocycles. The Kier molecular flexibility index (Phi) is 5.33. The first-order valence-electron chi connectivity index (χ1n) is 6.79. The van der Waals surface area contributed by atoms with Crippen LogP contribution in [-0.4, -0.2) is 62.4 Å². The van der Waals surface area contributed by atoms with Crippen molar-refractivity contribution in [2.75, 3.05) is 33.0 Å². The van der Waals surface area contributed by atoms with Crippen LogP contribution in [0.2, 0.25) is 0 Å². The maximum absolute atomic E-state index is 12.4. The number of aliphatic hydroxyl groups is 1. The lowest BCUT2D eigenvalue weighted by Crippen LogP contribution is -2.39. The van der Waals surface area contributed by atoms with Crippen LogP contribution in [0, 0.1) is 13.8 Å². The summed E-state index contributed by atoms with van der Waals surface area (Å²) in [6.07, 6.45) is -0.276. The summed E-state index contributed by atoms with van der Waals surface area (Å²) in [6.45, 7) is 5.02. The van der Waals surface area contributed by atoms with Crippen molar-refractivity contribution >= 4 is 10.0 Å². The van der Waals surface area contributed by atoms with E-state index in [0.717, 1.165) is 0 Å². The lowest BCUT2D eigenvalue weighted by atomic mass is 10.3. The molecule has 0 saturated carbocycles. The monoisotopic (exact) mass is 319 g/mol. The third-order valence-corrected chi connectivity index (χ3v) is 4.96. The number of hydrogen-bond donors (Lipinski definition) is 2. The van der Waals surface area contributed by atoms with E-state index in [1.54, 1.807) is 13.8 Å². The molecule has 1 aromatic heterocycles. The molecule has 0 aliphatic carbocycles. The SMILES string of the molecule is Cc1nn(CCO)c(C)c1S(=O)(=O)NCC1COCCO1. The van der Waals surface area contributed by atoms with Gasteiger partial charge in [0.25, 0.3) is 0 Å². The molecule has 1 fully saturated rings. The molecular weight excluding hydrogens is 298 g/mol. The number of aryl methyl sites for hydroxylation is 1. The van der Waals surface area contributed by atoms with Crippen molar-refractivity contribution in [3.8, 4) is 0 Å². The molecule has 1 aromatic rings. The van der Waals surface area contributed by atoms with Gasteiger partial charge in [0.15, 0.2) is 0 Å². The summed E-state index contributed by atoms with van der Waals surface area (Å²) in [5.41, 5.74) is 0.920. The molecule has 0 aromatic carbocycles. The second-order valence-corrected chi connectivity index (χ2v) is 6.57. The van der Waals surface area contributed by atoms with E-state index in [4.69, 9.17) is 14.6 Å². The molecule has 1 aliphatic rings. The van der Waals surface area contributed by atoms with Crippen molar-refractivity contribution in [1.29, 1.82) is 0 Å². The number of aromatic nitrogens is 2. The van der Waals surface area contributed by atoms with Gasteiger partial charge in [-0.05, 0) is 13.8 Å². The molecule has 0 bridgehead atoms. The highest BCUT2D eigenvalue weighted by atomic mass is 32.2. The second-order valence-electron chi connectivity index (χ2n) is 4.87. The van der Waals surface area contributed by atoms with Crippen molar-refractivity contribution in [2.24, 2.45) is 0 Å². The summed E-state index contributed by atoms with van der Waals surface area (Å²) in [6, 6.07) is 0. The Morgan fingerprint density at radius 1 is 1.43 bits per heavy atom. The number of nitrogens with zero attached hydrogens (tertiary/aromatic N) is 2. The fourth-order valence-electron chi connectivity index (χ4n) is 2.31. The van der Waals surface area contributed by atoms with Crippen LogP contribution in [0.5, 0.6) is 0 Å². The summed E-state index contributed by atoms with van der Waals surface area (Å²) in [5.74, 6) is 0. The fraction of sp³-hybridized carbons (Fsp3) is 0.750. The van der Waals surface area contributed by atoms with Crippen LogP contribution >= 0.6 is 0 Å². The summed E-state index contributed by atoms with van der Waals surface area (Å²) in [4.78, 5) is 0.160. The van der Waals surface area contributed by atoms with E-state index in [9.17, 15) is 8.42 Å². The molecule has 0 spiro atoms. The van der Waals surface area contributed by atoms with E-state index >= 15 is 0 Å². The summed E-state index contributed by atoms with van der Waals surface area (Å²) < 4.78 is 39.5. The first-order chi connectivity index (χ1) is 9.95. The molecule has 0 amide bonds. The Bertz CT molecular complexity index is 578. The van der Waals surface area contributed by atoms with Gasteiger partial charge in [-0.15, -0.1) is 0 Å². The maximum atomic E-state index is 12.4. The fourth-order valence-corrected chi connectivity index (χ4v) is 3.78. The number of ether oxygens (including phenoxy) is 2. The highest BCUT2D eigenvalue weighted by Gasteiger charge is 2.26. The van der Waals surface area contributed by atoms with Crippen LogP contribution in [-0.2, 0) is 26.0 Å². The van der Waals surface area contributed by atoms with Gasteiger partial charge in [-0.2, -0.15) is 5.10 Å². The van der Waals surface area contributed by atoms with E-state index in [1.807, 2.05) is 0 Å². The molecule has 1 saturated heterocycles. The van der Waals surface area contributed by atoms with Gasteiger partial charge in [0.1, 0.15) is 4.90 Å². The van der Waals surface area contributed by atoms with Gasteiger partial charge in [0.2, 0.25) is 10.0 Å². The average Bonchev–Trinajstić information content (AvgIpc) is 2.73. The van der Waals surface area contributed by atoms with Crippen molar-refractivity contribution < 1.29 is 23.0 Å². The third-order valence-electron chi connectivity index (χ3n) is 3.28. The van der Waals surface area contributed by atoms with Crippen LogP contribution in [0.3, 0.4) is 0 Å². The molecule has 2 heterocycles. The Morgan fingerprint density at radius 2 is 2.19 bits per heavy atom. The second kappa shape index (κ2) is 6.84. The molecule has 120 valence electrons. The average molecular weight is 319 g/mol. The largest absolute Gasteiger partial charge is 0.394 e. The number of sulfonamides is 1. The van der Waals surface area contributed by atoms with Gasteiger partial charge in [-0.25, -0.2) is 13.1 Å². The van der Waals surface area contributed by atoms with Crippen LogP contribution in [0.15, 0.2) is 4.90 Å². The van der Waals surface area contributed by atoms with Gasteiger partial charge in [-0.3, -0.25) is 4.68 Å². The minimum Gasteiger partial charge on any atom is -0.394 e. The van der Waals surface area contributed by atoms with E-state index in [0.29, 0.717) is 31.2 Å². The van der Waals surface area contributed by atoms with Crippen LogP contribution < -0.4 is 4.72 Å². The van der Waals surface area contributed by atoms with Crippen molar-refractivity contribution in [1.82, 2.24) is 14.5 Å². The number of hydrogen-bond acceptors (Lipinski definition) is 6. The summed E-state index contributed by atoms with van der Waals surface area (Å²) in [5, 5.41) is 13.1. The lowest BCUT2D eigenvalue weighted by molar-refractivity contribution is -0.0846. The van der Waals surface area contributed by atoms with Gasteiger partial charge < -0.3 is 14.6 Å². The van der Waals surface area contributed by atoms with Crippen LogP contribution in [0.25, 0.3) is 0 Å². The van der Waals surface area contributed by atoms with Crippen molar-refractivity contribution in [3.63, 3.8) is 0 Å². The van der Waals surface area contributed by atoms with E-state index in [2.05, 4.69) is 9.82 Å². The summed E-state index contributed by atoms with van der Waals surface area (Å²) in [7, 11) is -3.67. The quantitative estimate of drug-likeness (QED) is 0.711. The zero-order valence-corrected chi connectivity index (χ0v) is 13.0. The molecule has 1 atom stereocenters. The minimum atomic E-state index is -3.67. The van der Waals surface area contributed by atoms with Gasteiger partial charge in [0.05, 0.1) is 50.5 Å². The molecule has 2 rings (SSSR count). The first kappa shape index (κ1) is 16.4. The van der Waals surface area contributed by atoms with Gasteiger partial charge in [-0.1, -0.05) is 0 Å². The lowest BCUT2D eigenvalue weighted by Gasteiger charge is -2.23. The van der Waals surface area contributed by atoms with Crippen molar-refractivity contribution in [2.45, 2.75) is 31.4 Å². The zero-order valence-electron chi connectivity index (χ0n) is 12.2. The van der Waals surface area contributed by atoms with Crippen molar-refractivity contribution in [3.05, 3.63) is 11.4 Å². The molecule has 8 nitrogen and oxygen atoms in total. The molecular formula is C12H21N3O5S.